The zero-order chi connectivity index (χ0) is 16.7. The standard InChI is InChI=1S/C22H20N2/c1-22(2,3)18-11-8-15(9-12-18)19-13-10-17-7-6-16-5-4-14-23-20(16)21(17)24-19/h4-14H,1-3H3. The van der Waals surface area contributed by atoms with Crippen molar-refractivity contribution in [1.82, 2.24) is 9.97 Å². The van der Waals surface area contributed by atoms with E-state index in [0.29, 0.717) is 0 Å². The van der Waals surface area contributed by atoms with E-state index in [0.717, 1.165) is 33.1 Å². The molecule has 0 amide bonds. The van der Waals surface area contributed by atoms with Gasteiger partial charge in [0.1, 0.15) is 0 Å². The van der Waals surface area contributed by atoms with Gasteiger partial charge in [-0.2, -0.15) is 0 Å². The summed E-state index contributed by atoms with van der Waals surface area (Å²) in [6.07, 6.45) is 1.83. The van der Waals surface area contributed by atoms with Gasteiger partial charge in [-0.1, -0.05) is 69.3 Å². The lowest BCUT2D eigenvalue weighted by atomic mass is 9.86. The molecule has 0 aliphatic carbocycles. The fourth-order valence-electron chi connectivity index (χ4n) is 3.03. The zero-order valence-corrected chi connectivity index (χ0v) is 14.2. The van der Waals surface area contributed by atoms with Crippen molar-refractivity contribution in [3.63, 3.8) is 0 Å². The highest BCUT2D eigenvalue weighted by molar-refractivity contribution is 6.03. The Hall–Kier alpha value is -2.74. The van der Waals surface area contributed by atoms with Gasteiger partial charge in [0.25, 0.3) is 0 Å². The molecular weight excluding hydrogens is 292 g/mol. The van der Waals surface area contributed by atoms with Crippen molar-refractivity contribution in [3.05, 3.63) is 72.4 Å². The summed E-state index contributed by atoms with van der Waals surface area (Å²) >= 11 is 0. The molecule has 0 atom stereocenters. The van der Waals surface area contributed by atoms with Crippen LogP contribution in [0.5, 0.6) is 0 Å². The van der Waals surface area contributed by atoms with Gasteiger partial charge in [0.2, 0.25) is 0 Å². The molecule has 0 saturated carbocycles. The van der Waals surface area contributed by atoms with Crippen LogP contribution in [-0.2, 0) is 5.41 Å². The Kier molecular flexibility index (Phi) is 3.34. The molecule has 0 fully saturated rings. The molecule has 118 valence electrons. The van der Waals surface area contributed by atoms with E-state index >= 15 is 0 Å². The van der Waals surface area contributed by atoms with Crippen LogP contribution in [0.4, 0.5) is 0 Å². The normalized spacial score (nSPS) is 12.0. The summed E-state index contributed by atoms with van der Waals surface area (Å²) < 4.78 is 0. The predicted molar refractivity (Wildman–Crippen MR) is 101 cm³/mol. The lowest BCUT2D eigenvalue weighted by molar-refractivity contribution is 0.590. The SMILES string of the molecule is CC(C)(C)c1ccc(-c2ccc3ccc4cccnc4c3n2)cc1. The third-order valence-corrected chi connectivity index (χ3v) is 4.48. The van der Waals surface area contributed by atoms with E-state index in [9.17, 15) is 0 Å². The van der Waals surface area contributed by atoms with Gasteiger partial charge in [0.05, 0.1) is 16.7 Å². The van der Waals surface area contributed by atoms with Gasteiger partial charge in [-0.25, -0.2) is 4.98 Å². The summed E-state index contributed by atoms with van der Waals surface area (Å²) in [5, 5.41) is 2.24. The molecule has 0 aliphatic rings. The van der Waals surface area contributed by atoms with Crippen LogP contribution in [0.3, 0.4) is 0 Å². The van der Waals surface area contributed by atoms with E-state index in [1.165, 1.54) is 5.56 Å². The van der Waals surface area contributed by atoms with Crippen LogP contribution in [0.25, 0.3) is 33.1 Å². The first-order chi connectivity index (χ1) is 11.5. The first-order valence-corrected chi connectivity index (χ1v) is 8.28. The summed E-state index contributed by atoms with van der Waals surface area (Å²) in [6, 6.07) is 21.2. The largest absolute Gasteiger partial charge is 0.254 e. The van der Waals surface area contributed by atoms with Gasteiger partial charge in [0.15, 0.2) is 0 Å². The Morgan fingerprint density at radius 3 is 2.08 bits per heavy atom. The molecule has 0 bridgehead atoms. The molecule has 0 N–H and O–H groups in total. The van der Waals surface area contributed by atoms with Crippen molar-refractivity contribution in [2.75, 3.05) is 0 Å². The summed E-state index contributed by atoms with van der Waals surface area (Å²) in [6.45, 7) is 6.69. The van der Waals surface area contributed by atoms with Crippen LogP contribution < -0.4 is 0 Å². The molecule has 0 unspecified atom stereocenters. The quantitative estimate of drug-likeness (QED) is 0.418. The number of rotatable bonds is 1. The van der Waals surface area contributed by atoms with E-state index in [1.54, 1.807) is 0 Å². The second kappa shape index (κ2) is 5.41. The van der Waals surface area contributed by atoms with E-state index in [-0.39, 0.29) is 5.41 Å². The number of hydrogen-bond acceptors (Lipinski definition) is 2. The smallest absolute Gasteiger partial charge is 0.0972 e. The highest BCUT2D eigenvalue weighted by Gasteiger charge is 2.13. The molecule has 0 aliphatic heterocycles. The van der Waals surface area contributed by atoms with Crippen LogP contribution >= 0.6 is 0 Å². The predicted octanol–water partition coefficient (Wildman–Crippen LogP) is 5.75. The molecule has 0 spiro atoms. The first-order valence-electron chi connectivity index (χ1n) is 8.28. The number of fused-ring (bicyclic) bond motifs is 3. The maximum atomic E-state index is 4.90. The average Bonchev–Trinajstić information content (AvgIpc) is 2.60. The summed E-state index contributed by atoms with van der Waals surface area (Å²) in [4.78, 5) is 9.43. The average molecular weight is 312 g/mol. The van der Waals surface area contributed by atoms with Crippen LogP contribution in [0.2, 0.25) is 0 Å². The summed E-state index contributed by atoms with van der Waals surface area (Å²) in [5.41, 5.74) is 5.54. The number of hydrogen-bond donors (Lipinski definition) is 0. The van der Waals surface area contributed by atoms with Gasteiger partial charge < -0.3 is 0 Å². The minimum absolute atomic E-state index is 0.162. The molecule has 2 aromatic carbocycles. The Morgan fingerprint density at radius 1 is 0.708 bits per heavy atom. The topological polar surface area (TPSA) is 25.8 Å². The molecule has 2 heterocycles. The van der Waals surface area contributed by atoms with Crippen LogP contribution in [0, 0.1) is 0 Å². The number of aromatic nitrogens is 2. The van der Waals surface area contributed by atoms with Gasteiger partial charge in [-0.15, -0.1) is 0 Å². The fraction of sp³-hybridized carbons (Fsp3) is 0.182. The van der Waals surface area contributed by atoms with Crippen molar-refractivity contribution in [2.45, 2.75) is 26.2 Å². The minimum atomic E-state index is 0.162. The third kappa shape index (κ3) is 2.54. The molecule has 2 heteroatoms. The van der Waals surface area contributed by atoms with E-state index < -0.39 is 0 Å². The van der Waals surface area contributed by atoms with Crippen molar-refractivity contribution in [2.24, 2.45) is 0 Å². The van der Waals surface area contributed by atoms with Gasteiger partial charge in [-0.3, -0.25) is 4.98 Å². The Labute approximate surface area is 142 Å². The van der Waals surface area contributed by atoms with Crippen molar-refractivity contribution in [1.29, 1.82) is 0 Å². The van der Waals surface area contributed by atoms with Crippen LogP contribution in [0.1, 0.15) is 26.3 Å². The van der Waals surface area contributed by atoms with Crippen LogP contribution in [0.15, 0.2) is 66.9 Å². The van der Waals surface area contributed by atoms with Gasteiger partial charge >= 0.3 is 0 Å². The second-order valence-corrected chi connectivity index (χ2v) is 7.24. The molecule has 0 radical (unpaired) electrons. The lowest BCUT2D eigenvalue weighted by Gasteiger charge is -2.19. The van der Waals surface area contributed by atoms with E-state index in [4.69, 9.17) is 4.98 Å². The van der Waals surface area contributed by atoms with Gasteiger partial charge in [0, 0.05) is 22.5 Å². The van der Waals surface area contributed by atoms with E-state index in [2.05, 4.69) is 80.4 Å². The monoisotopic (exact) mass is 312 g/mol. The summed E-state index contributed by atoms with van der Waals surface area (Å²) in [5.74, 6) is 0. The second-order valence-electron chi connectivity index (χ2n) is 7.24. The maximum absolute atomic E-state index is 4.90. The molecular formula is C22H20N2. The minimum Gasteiger partial charge on any atom is -0.254 e. The maximum Gasteiger partial charge on any atom is 0.0972 e. The van der Waals surface area contributed by atoms with E-state index in [1.807, 2.05) is 12.3 Å². The molecule has 2 nitrogen and oxygen atoms in total. The summed E-state index contributed by atoms with van der Waals surface area (Å²) in [7, 11) is 0. The Bertz CT molecular complexity index is 1030. The third-order valence-electron chi connectivity index (χ3n) is 4.48. The van der Waals surface area contributed by atoms with Crippen LogP contribution in [-0.4, -0.2) is 9.97 Å². The molecule has 4 aromatic rings. The Balaban J connectivity index is 1.86. The number of nitrogens with zero attached hydrogens (tertiary/aromatic N) is 2. The molecule has 4 rings (SSSR count). The van der Waals surface area contributed by atoms with Crippen molar-refractivity contribution in [3.8, 4) is 11.3 Å². The highest BCUT2D eigenvalue weighted by Crippen LogP contribution is 2.28. The van der Waals surface area contributed by atoms with Crippen molar-refractivity contribution < 1.29 is 0 Å². The first kappa shape index (κ1) is 14.8. The fourth-order valence-corrected chi connectivity index (χ4v) is 3.03. The number of benzene rings is 2. The highest BCUT2D eigenvalue weighted by atomic mass is 14.7. The molecule has 2 aromatic heterocycles. The number of pyridine rings is 2. The zero-order valence-electron chi connectivity index (χ0n) is 14.2. The van der Waals surface area contributed by atoms with Gasteiger partial charge in [-0.05, 0) is 23.1 Å². The molecule has 24 heavy (non-hydrogen) atoms. The lowest BCUT2D eigenvalue weighted by Crippen LogP contribution is -2.10. The molecule has 0 saturated heterocycles. The van der Waals surface area contributed by atoms with Crippen molar-refractivity contribution >= 4 is 21.8 Å². The Morgan fingerprint density at radius 2 is 1.38 bits per heavy atom.